The molecule has 0 radical (unpaired) electrons. The zero-order valence-corrected chi connectivity index (χ0v) is 13.1. The highest BCUT2D eigenvalue weighted by Gasteiger charge is 2.22. The molecule has 0 aliphatic rings. The quantitative estimate of drug-likeness (QED) is 0.848. The summed E-state index contributed by atoms with van der Waals surface area (Å²) in [7, 11) is -3.62. The summed E-state index contributed by atoms with van der Waals surface area (Å²) in [5, 5.41) is 0.209. The monoisotopic (exact) mass is 304 g/mol. The van der Waals surface area contributed by atoms with Gasteiger partial charge in [0.15, 0.2) is 0 Å². The molecule has 0 saturated carbocycles. The number of sulfonamides is 1. The van der Waals surface area contributed by atoms with E-state index in [2.05, 4.69) is 4.72 Å². The first-order chi connectivity index (χ1) is 8.81. The molecule has 3 N–H and O–H groups in total. The van der Waals surface area contributed by atoms with Crippen molar-refractivity contribution in [1.82, 2.24) is 4.72 Å². The molecular weight excluding hydrogens is 284 g/mol. The Morgan fingerprint density at radius 2 is 2.00 bits per heavy atom. The van der Waals surface area contributed by atoms with Crippen molar-refractivity contribution in [3.8, 4) is 0 Å². The smallest absolute Gasteiger partial charge is 0.242 e. The van der Waals surface area contributed by atoms with Crippen molar-refractivity contribution in [2.75, 3.05) is 0 Å². The third-order valence-electron chi connectivity index (χ3n) is 3.36. The molecule has 0 heterocycles. The van der Waals surface area contributed by atoms with Crippen molar-refractivity contribution in [1.29, 1.82) is 0 Å². The summed E-state index contributed by atoms with van der Waals surface area (Å²) in [5.41, 5.74) is 6.26. The molecule has 1 aromatic carbocycles. The highest BCUT2D eigenvalue weighted by Crippen LogP contribution is 2.23. The summed E-state index contributed by atoms with van der Waals surface area (Å²) in [6.45, 7) is 6.16. The largest absolute Gasteiger partial charge is 0.326 e. The molecule has 2 atom stereocenters. The lowest BCUT2D eigenvalue weighted by atomic mass is 10.0. The topological polar surface area (TPSA) is 72.2 Å². The van der Waals surface area contributed by atoms with Crippen LogP contribution in [0.4, 0.5) is 0 Å². The van der Waals surface area contributed by atoms with Crippen LogP contribution >= 0.6 is 11.6 Å². The van der Waals surface area contributed by atoms with Gasteiger partial charge in [-0.15, -0.1) is 0 Å². The first-order valence-corrected chi connectivity index (χ1v) is 8.18. The molecule has 2 unspecified atom stereocenters. The van der Waals surface area contributed by atoms with Crippen LogP contribution in [0.2, 0.25) is 5.02 Å². The van der Waals surface area contributed by atoms with Gasteiger partial charge >= 0.3 is 0 Å². The number of nitrogens with one attached hydrogen (secondary N) is 1. The van der Waals surface area contributed by atoms with Gasteiger partial charge in [0.05, 0.1) is 5.02 Å². The fraction of sp³-hybridized carbons (Fsp3) is 0.538. The zero-order valence-electron chi connectivity index (χ0n) is 11.5. The van der Waals surface area contributed by atoms with Gasteiger partial charge < -0.3 is 5.73 Å². The minimum Gasteiger partial charge on any atom is -0.326 e. The molecule has 0 spiro atoms. The highest BCUT2D eigenvalue weighted by atomic mass is 35.5. The molecular formula is C13H21ClN2O2S. The van der Waals surface area contributed by atoms with Gasteiger partial charge in [0.2, 0.25) is 10.0 Å². The maximum absolute atomic E-state index is 12.3. The fourth-order valence-electron chi connectivity index (χ4n) is 1.66. The Morgan fingerprint density at radius 1 is 1.37 bits per heavy atom. The summed E-state index contributed by atoms with van der Waals surface area (Å²) in [4.78, 5) is 0.0901. The molecule has 0 saturated heterocycles. The van der Waals surface area contributed by atoms with E-state index < -0.39 is 10.0 Å². The predicted octanol–water partition coefficient (Wildman–Crippen LogP) is 2.51. The van der Waals surface area contributed by atoms with Crippen LogP contribution in [0.5, 0.6) is 0 Å². The molecule has 4 nitrogen and oxygen atoms in total. The molecule has 0 fully saturated rings. The molecule has 1 aromatic rings. The Bertz CT molecular complexity index is 531. The van der Waals surface area contributed by atoms with E-state index >= 15 is 0 Å². The van der Waals surface area contributed by atoms with Crippen molar-refractivity contribution < 1.29 is 8.42 Å². The van der Waals surface area contributed by atoms with Gasteiger partial charge in [-0.05, 0) is 30.5 Å². The molecule has 0 aliphatic carbocycles. The van der Waals surface area contributed by atoms with E-state index in [-0.39, 0.29) is 28.4 Å². The number of nitrogens with two attached hydrogens (primary N) is 1. The summed E-state index contributed by atoms with van der Waals surface area (Å²) in [6, 6.07) is 4.66. The Kier molecular flexibility index (Phi) is 5.80. The first kappa shape index (κ1) is 16.4. The molecule has 0 aliphatic heterocycles. The summed E-state index contributed by atoms with van der Waals surface area (Å²) >= 11 is 5.97. The van der Waals surface area contributed by atoms with E-state index in [1.807, 2.05) is 20.8 Å². The summed E-state index contributed by atoms with van der Waals surface area (Å²) in [5.74, 6) is 0.256. The number of hydrogen-bond acceptors (Lipinski definition) is 3. The van der Waals surface area contributed by atoms with Crippen LogP contribution in [0.3, 0.4) is 0 Å². The van der Waals surface area contributed by atoms with Crippen LogP contribution in [0, 0.1) is 5.92 Å². The Labute approximate surface area is 120 Å². The zero-order chi connectivity index (χ0) is 14.6. The average Bonchev–Trinajstić information content (AvgIpc) is 2.37. The molecule has 6 heteroatoms. The van der Waals surface area contributed by atoms with Crippen LogP contribution in [0.25, 0.3) is 0 Å². The predicted molar refractivity (Wildman–Crippen MR) is 78.6 cm³/mol. The number of rotatable bonds is 6. The minimum atomic E-state index is -3.62. The standard InChI is InChI=1S/C13H21ClN2O2S/c1-4-9(2)10(3)16-19(17,18)13-7-11(8-15)5-6-12(13)14/h5-7,9-10,16H,4,8,15H2,1-3H3. The summed E-state index contributed by atoms with van der Waals surface area (Å²) in [6.07, 6.45) is 0.903. The van der Waals surface area contributed by atoms with E-state index in [1.165, 1.54) is 6.07 Å². The summed E-state index contributed by atoms with van der Waals surface area (Å²) < 4.78 is 27.3. The molecule has 108 valence electrons. The number of halogens is 1. The van der Waals surface area contributed by atoms with Gasteiger partial charge in [-0.3, -0.25) is 0 Å². The lowest BCUT2D eigenvalue weighted by molar-refractivity contribution is 0.434. The van der Waals surface area contributed by atoms with Crippen LogP contribution in [-0.4, -0.2) is 14.5 Å². The van der Waals surface area contributed by atoms with Crippen molar-refractivity contribution in [2.24, 2.45) is 11.7 Å². The van der Waals surface area contributed by atoms with Crippen LogP contribution in [0.1, 0.15) is 32.8 Å². The lowest BCUT2D eigenvalue weighted by Gasteiger charge is -2.20. The van der Waals surface area contributed by atoms with E-state index in [9.17, 15) is 8.42 Å². The highest BCUT2D eigenvalue weighted by molar-refractivity contribution is 7.89. The van der Waals surface area contributed by atoms with E-state index in [1.54, 1.807) is 12.1 Å². The van der Waals surface area contributed by atoms with Gasteiger partial charge in [-0.25, -0.2) is 13.1 Å². The lowest BCUT2D eigenvalue weighted by Crippen LogP contribution is -2.37. The minimum absolute atomic E-state index is 0.0901. The third-order valence-corrected chi connectivity index (χ3v) is 5.40. The van der Waals surface area contributed by atoms with Gasteiger partial charge in [0.25, 0.3) is 0 Å². The van der Waals surface area contributed by atoms with Gasteiger partial charge in [0.1, 0.15) is 4.90 Å². The molecule has 0 bridgehead atoms. The number of hydrogen-bond donors (Lipinski definition) is 2. The van der Waals surface area contributed by atoms with Crippen molar-refractivity contribution >= 4 is 21.6 Å². The van der Waals surface area contributed by atoms with Crippen molar-refractivity contribution in [2.45, 2.75) is 44.7 Å². The average molecular weight is 305 g/mol. The van der Waals surface area contributed by atoms with Crippen LogP contribution in [-0.2, 0) is 16.6 Å². The Balaban J connectivity index is 3.06. The number of benzene rings is 1. The second kappa shape index (κ2) is 6.70. The maximum atomic E-state index is 12.3. The van der Waals surface area contributed by atoms with Crippen molar-refractivity contribution in [3.05, 3.63) is 28.8 Å². The molecule has 0 amide bonds. The fourth-order valence-corrected chi connectivity index (χ4v) is 3.56. The van der Waals surface area contributed by atoms with Crippen molar-refractivity contribution in [3.63, 3.8) is 0 Å². The normalized spacial score (nSPS) is 15.2. The van der Waals surface area contributed by atoms with E-state index in [0.717, 1.165) is 12.0 Å². The first-order valence-electron chi connectivity index (χ1n) is 6.32. The van der Waals surface area contributed by atoms with E-state index in [4.69, 9.17) is 17.3 Å². The second-order valence-electron chi connectivity index (χ2n) is 4.76. The molecule has 1 rings (SSSR count). The Morgan fingerprint density at radius 3 is 2.53 bits per heavy atom. The van der Waals surface area contributed by atoms with Gasteiger partial charge in [-0.2, -0.15) is 0 Å². The van der Waals surface area contributed by atoms with E-state index in [0.29, 0.717) is 0 Å². The second-order valence-corrected chi connectivity index (χ2v) is 6.85. The Hall–Kier alpha value is -0.620. The van der Waals surface area contributed by atoms with Gasteiger partial charge in [0, 0.05) is 12.6 Å². The molecule has 19 heavy (non-hydrogen) atoms. The third kappa shape index (κ3) is 4.18. The maximum Gasteiger partial charge on any atom is 0.242 e. The van der Waals surface area contributed by atoms with Gasteiger partial charge in [-0.1, -0.05) is 37.9 Å². The SMILES string of the molecule is CCC(C)C(C)NS(=O)(=O)c1cc(CN)ccc1Cl. The van der Waals surface area contributed by atoms with Crippen LogP contribution in [0.15, 0.2) is 23.1 Å². The molecule has 0 aromatic heterocycles. The van der Waals surface area contributed by atoms with Crippen LogP contribution < -0.4 is 10.5 Å².